The number of hydrogen-bond donors (Lipinski definition) is 0. The summed E-state index contributed by atoms with van der Waals surface area (Å²) < 4.78 is 16.9. The van der Waals surface area contributed by atoms with E-state index in [1.807, 2.05) is 30.3 Å². The van der Waals surface area contributed by atoms with Crippen LogP contribution in [0.15, 0.2) is 30.3 Å². The van der Waals surface area contributed by atoms with Crippen LogP contribution in [0.25, 0.3) is 0 Å². The third-order valence-electron chi connectivity index (χ3n) is 2.51. The second-order valence-electron chi connectivity index (χ2n) is 4.00. The van der Waals surface area contributed by atoms with Crippen molar-refractivity contribution in [1.29, 1.82) is 0 Å². The van der Waals surface area contributed by atoms with Gasteiger partial charge < -0.3 is 4.74 Å². The largest absolute Gasteiger partial charge is 0.461 e. The molecule has 0 fully saturated rings. The minimum Gasteiger partial charge on any atom is -0.461 e. The first-order valence-corrected chi connectivity index (χ1v) is 6.08. The molecule has 0 heterocycles. The Morgan fingerprint density at radius 3 is 2.47 bits per heavy atom. The topological polar surface area (TPSA) is 26.3 Å². The molecule has 1 aromatic carbocycles. The molecular formula is C14H19FO2. The third kappa shape index (κ3) is 6.72. The van der Waals surface area contributed by atoms with Crippen molar-refractivity contribution in [2.45, 2.75) is 38.7 Å². The van der Waals surface area contributed by atoms with Crippen LogP contribution >= 0.6 is 0 Å². The summed E-state index contributed by atoms with van der Waals surface area (Å²) in [6.45, 7) is 0.0720. The van der Waals surface area contributed by atoms with Crippen LogP contribution in [0.4, 0.5) is 4.39 Å². The Morgan fingerprint density at radius 2 is 1.76 bits per heavy atom. The lowest BCUT2D eigenvalue weighted by atomic mass is 10.1. The van der Waals surface area contributed by atoms with E-state index in [4.69, 9.17) is 4.74 Å². The number of carbonyl (C=O) groups is 1. The van der Waals surface area contributed by atoms with Gasteiger partial charge in [-0.2, -0.15) is 0 Å². The molecule has 0 aromatic heterocycles. The van der Waals surface area contributed by atoms with Gasteiger partial charge in [-0.1, -0.05) is 43.2 Å². The van der Waals surface area contributed by atoms with E-state index in [0.29, 0.717) is 19.4 Å². The first-order chi connectivity index (χ1) is 8.33. The Balaban J connectivity index is 2.05. The summed E-state index contributed by atoms with van der Waals surface area (Å²) in [6.07, 6.45) is 3.55. The average Bonchev–Trinajstić information content (AvgIpc) is 2.37. The van der Waals surface area contributed by atoms with E-state index < -0.39 is 0 Å². The molecule has 0 bridgehead atoms. The Kier molecular flexibility index (Phi) is 7.03. The van der Waals surface area contributed by atoms with Crippen molar-refractivity contribution in [3.05, 3.63) is 35.9 Å². The maximum absolute atomic E-state index is 11.8. The summed E-state index contributed by atoms with van der Waals surface area (Å²) in [5, 5.41) is 0. The van der Waals surface area contributed by atoms with Gasteiger partial charge in [-0.15, -0.1) is 0 Å². The number of carbonyl (C=O) groups excluding carboxylic acids is 1. The number of benzene rings is 1. The number of alkyl halides is 1. The molecule has 3 heteroatoms. The second-order valence-corrected chi connectivity index (χ2v) is 4.00. The summed E-state index contributed by atoms with van der Waals surface area (Å²) in [5.41, 5.74) is 0.998. The SMILES string of the molecule is O=C(CCCCCCF)OCc1ccccc1. The highest BCUT2D eigenvalue weighted by atomic mass is 19.1. The van der Waals surface area contributed by atoms with Crippen LogP contribution in [-0.4, -0.2) is 12.6 Å². The monoisotopic (exact) mass is 238 g/mol. The van der Waals surface area contributed by atoms with Crippen molar-refractivity contribution in [3.63, 3.8) is 0 Å². The van der Waals surface area contributed by atoms with Crippen LogP contribution in [0.5, 0.6) is 0 Å². The van der Waals surface area contributed by atoms with Gasteiger partial charge >= 0.3 is 5.97 Å². The standard InChI is InChI=1S/C14H19FO2/c15-11-7-2-1-6-10-14(16)17-12-13-8-4-3-5-9-13/h3-5,8-9H,1-2,6-7,10-12H2. The lowest BCUT2D eigenvalue weighted by Crippen LogP contribution is -2.04. The van der Waals surface area contributed by atoms with Gasteiger partial charge in [-0.05, 0) is 18.4 Å². The number of esters is 1. The predicted molar refractivity (Wildman–Crippen MR) is 65.3 cm³/mol. The first-order valence-electron chi connectivity index (χ1n) is 6.08. The van der Waals surface area contributed by atoms with E-state index in [2.05, 4.69) is 0 Å². The van der Waals surface area contributed by atoms with Crippen molar-refractivity contribution < 1.29 is 13.9 Å². The highest BCUT2D eigenvalue weighted by molar-refractivity contribution is 5.69. The average molecular weight is 238 g/mol. The molecule has 94 valence electrons. The lowest BCUT2D eigenvalue weighted by molar-refractivity contribution is -0.145. The molecule has 0 aliphatic carbocycles. The van der Waals surface area contributed by atoms with Crippen molar-refractivity contribution in [2.24, 2.45) is 0 Å². The van der Waals surface area contributed by atoms with E-state index in [0.717, 1.165) is 24.8 Å². The summed E-state index contributed by atoms with van der Waals surface area (Å²) in [4.78, 5) is 11.4. The van der Waals surface area contributed by atoms with Gasteiger partial charge in [0.1, 0.15) is 6.61 Å². The van der Waals surface area contributed by atoms with Gasteiger partial charge in [0.2, 0.25) is 0 Å². The lowest BCUT2D eigenvalue weighted by Gasteiger charge is -2.04. The van der Waals surface area contributed by atoms with Crippen LogP contribution in [-0.2, 0) is 16.1 Å². The molecule has 0 radical (unpaired) electrons. The van der Waals surface area contributed by atoms with E-state index in [1.165, 1.54) is 0 Å². The molecule has 0 unspecified atom stereocenters. The van der Waals surface area contributed by atoms with Gasteiger partial charge in [0.25, 0.3) is 0 Å². The quantitative estimate of drug-likeness (QED) is 0.510. The van der Waals surface area contributed by atoms with Crippen molar-refractivity contribution in [2.75, 3.05) is 6.67 Å². The summed E-state index contributed by atoms with van der Waals surface area (Å²) in [6, 6.07) is 9.61. The fourth-order valence-electron chi connectivity index (χ4n) is 1.53. The maximum Gasteiger partial charge on any atom is 0.306 e. The zero-order valence-electron chi connectivity index (χ0n) is 10.0. The van der Waals surface area contributed by atoms with Crippen molar-refractivity contribution in [3.8, 4) is 0 Å². The van der Waals surface area contributed by atoms with Crippen LogP contribution < -0.4 is 0 Å². The van der Waals surface area contributed by atoms with Crippen LogP contribution in [0.1, 0.15) is 37.7 Å². The number of halogens is 1. The highest BCUT2D eigenvalue weighted by Crippen LogP contribution is 2.06. The molecule has 0 saturated heterocycles. The van der Waals surface area contributed by atoms with E-state index in [9.17, 15) is 9.18 Å². The molecule has 0 aliphatic rings. The summed E-state index contributed by atoms with van der Waals surface area (Å²) in [5.74, 6) is -0.172. The summed E-state index contributed by atoms with van der Waals surface area (Å²) in [7, 11) is 0. The smallest absolute Gasteiger partial charge is 0.306 e. The molecule has 2 nitrogen and oxygen atoms in total. The molecule has 0 spiro atoms. The molecule has 0 N–H and O–H groups in total. The van der Waals surface area contributed by atoms with Gasteiger partial charge in [0, 0.05) is 6.42 Å². The number of ether oxygens (including phenoxy) is 1. The van der Waals surface area contributed by atoms with E-state index >= 15 is 0 Å². The van der Waals surface area contributed by atoms with Crippen LogP contribution in [0.2, 0.25) is 0 Å². The Hall–Kier alpha value is -1.38. The van der Waals surface area contributed by atoms with Crippen molar-refractivity contribution in [1.82, 2.24) is 0 Å². The molecule has 0 saturated carbocycles. The third-order valence-corrected chi connectivity index (χ3v) is 2.51. The zero-order valence-corrected chi connectivity index (χ0v) is 10.0. The molecule has 0 amide bonds. The fraction of sp³-hybridized carbons (Fsp3) is 0.500. The maximum atomic E-state index is 11.8. The van der Waals surface area contributed by atoms with Gasteiger partial charge in [0.15, 0.2) is 0 Å². The zero-order chi connectivity index (χ0) is 12.3. The summed E-state index contributed by atoms with van der Waals surface area (Å²) >= 11 is 0. The molecule has 0 atom stereocenters. The fourth-order valence-corrected chi connectivity index (χ4v) is 1.53. The van der Waals surface area contributed by atoms with Gasteiger partial charge in [-0.25, -0.2) is 0 Å². The van der Waals surface area contributed by atoms with Crippen LogP contribution in [0, 0.1) is 0 Å². The molecule has 0 aliphatic heterocycles. The predicted octanol–water partition coefficient (Wildman–Crippen LogP) is 3.65. The van der Waals surface area contributed by atoms with Crippen molar-refractivity contribution >= 4 is 5.97 Å². The normalized spacial score (nSPS) is 10.2. The minimum atomic E-state index is -0.265. The number of unbranched alkanes of at least 4 members (excludes halogenated alkanes) is 3. The van der Waals surface area contributed by atoms with E-state index in [-0.39, 0.29) is 12.6 Å². The van der Waals surface area contributed by atoms with Crippen LogP contribution in [0.3, 0.4) is 0 Å². The molecular weight excluding hydrogens is 219 g/mol. The molecule has 1 aromatic rings. The Labute approximate surface area is 102 Å². The molecule has 1 rings (SSSR count). The second kappa shape index (κ2) is 8.74. The Morgan fingerprint density at radius 1 is 1.06 bits per heavy atom. The van der Waals surface area contributed by atoms with E-state index in [1.54, 1.807) is 0 Å². The van der Waals surface area contributed by atoms with Gasteiger partial charge in [0.05, 0.1) is 6.67 Å². The molecule has 17 heavy (non-hydrogen) atoms. The minimum absolute atomic E-state index is 0.172. The highest BCUT2D eigenvalue weighted by Gasteiger charge is 2.02. The number of hydrogen-bond acceptors (Lipinski definition) is 2. The number of rotatable bonds is 8. The first kappa shape index (κ1) is 13.7. The Bertz CT molecular complexity index is 311. The van der Waals surface area contributed by atoms with Gasteiger partial charge in [-0.3, -0.25) is 9.18 Å².